The van der Waals surface area contributed by atoms with Crippen molar-refractivity contribution in [2.75, 3.05) is 22.6 Å². The minimum Gasteiger partial charge on any atom is -0.375 e. The predicted octanol–water partition coefficient (Wildman–Crippen LogP) is 3.46. The fourth-order valence-corrected chi connectivity index (χ4v) is 4.77. The summed E-state index contributed by atoms with van der Waals surface area (Å²) >= 11 is 2.89. The van der Waals surface area contributed by atoms with Crippen LogP contribution in [-0.2, 0) is 15.2 Å². The minimum absolute atomic E-state index is 0.248. The van der Waals surface area contributed by atoms with Crippen molar-refractivity contribution in [2.45, 2.75) is 25.0 Å². The zero-order valence-electron chi connectivity index (χ0n) is 18.6. The standard InChI is InChI=1S/C24H24N4O4S2/c1-24(32)16-12-15(8-9-17(16)26-22(24)31)20(29)25-18(10-11-33-2)21(30)28-23-27-19(13-34-23)14-6-4-3-5-7-14/h3-9,12-13,18,32H,10-11H2,1-2H3,(H,25,29)(H,26,31)(H,27,28,30)/t18-,24?/m0/s1. The summed E-state index contributed by atoms with van der Waals surface area (Å²) in [5, 5.41) is 20.9. The summed E-state index contributed by atoms with van der Waals surface area (Å²) in [7, 11) is 0. The lowest BCUT2D eigenvalue weighted by atomic mass is 9.96. The molecule has 1 aliphatic rings. The maximum Gasteiger partial charge on any atom is 0.260 e. The van der Waals surface area contributed by atoms with Crippen LogP contribution in [0.15, 0.2) is 53.9 Å². The number of carbonyl (C=O) groups is 3. The molecule has 1 aliphatic heterocycles. The molecule has 0 spiro atoms. The van der Waals surface area contributed by atoms with Crippen LogP contribution in [0.2, 0.25) is 0 Å². The molecule has 10 heteroatoms. The monoisotopic (exact) mass is 496 g/mol. The highest BCUT2D eigenvalue weighted by molar-refractivity contribution is 7.98. The van der Waals surface area contributed by atoms with Crippen LogP contribution >= 0.6 is 23.1 Å². The number of nitrogens with zero attached hydrogens (tertiary/aromatic N) is 1. The molecule has 176 valence electrons. The zero-order chi connectivity index (χ0) is 24.3. The average molecular weight is 497 g/mol. The SMILES string of the molecule is CSCC[C@H](NC(=O)c1ccc2c(c1)C(C)(O)C(=O)N2)C(=O)Nc1nc(-c2ccccc2)cs1. The van der Waals surface area contributed by atoms with Gasteiger partial charge >= 0.3 is 0 Å². The maximum atomic E-state index is 13.0. The molecule has 2 heterocycles. The number of hydrogen-bond acceptors (Lipinski definition) is 7. The number of fused-ring (bicyclic) bond motifs is 1. The Bertz CT molecular complexity index is 1230. The highest BCUT2D eigenvalue weighted by Gasteiger charge is 2.41. The molecule has 34 heavy (non-hydrogen) atoms. The first-order chi connectivity index (χ1) is 16.3. The second kappa shape index (κ2) is 9.96. The number of carbonyl (C=O) groups excluding carboxylic acids is 3. The number of rotatable bonds is 8. The molecule has 0 fully saturated rings. The smallest absolute Gasteiger partial charge is 0.260 e. The molecule has 0 saturated heterocycles. The van der Waals surface area contributed by atoms with Gasteiger partial charge in [0.2, 0.25) is 5.91 Å². The van der Waals surface area contributed by atoms with E-state index in [-0.39, 0.29) is 11.5 Å². The Kier molecular flexibility index (Phi) is 7.01. The van der Waals surface area contributed by atoms with E-state index in [4.69, 9.17) is 0 Å². The number of thioether (sulfide) groups is 1. The van der Waals surface area contributed by atoms with Crippen molar-refractivity contribution in [3.63, 3.8) is 0 Å². The number of anilines is 2. The number of benzene rings is 2. The fraction of sp³-hybridized carbons (Fsp3) is 0.250. The van der Waals surface area contributed by atoms with Gasteiger partial charge in [-0.25, -0.2) is 4.98 Å². The van der Waals surface area contributed by atoms with E-state index < -0.39 is 23.5 Å². The fourth-order valence-electron chi connectivity index (χ4n) is 3.57. The molecule has 4 N–H and O–H groups in total. The Morgan fingerprint density at radius 1 is 1.24 bits per heavy atom. The Labute approximate surface area is 205 Å². The molecule has 2 aromatic carbocycles. The van der Waals surface area contributed by atoms with E-state index >= 15 is 0 Å². The normalized spacial score (nSPS) is 17.6. The first-order valence-corrected chi connectivity index (χ1v) is 12.9. The van der Waals surface area contributed by atoms with Gasteiger partial charge in [0.25, 0.3) is 11.8 Å². The van der Waals surface area contributed by atoms with Gasteiger partial charge in [0.15, 0.2) is 10.7 Å². The second-order valence-corrected chi connectivity index (χ2v) is 9.83. The third kappa shape index (κ3) is 4.98. The van der Waals surface area contributed by atoms with Gasteiger partial charge in [-0.2, -0.15) is 11.8 Å². The highest BCUT2D eigenvalue weighted by atomic mass is 32.2. The molecule has 1 aromatic heterocycles. The summed E-state index contributed by atoms with van der Waals surface area (Å²) in [5.41, 5.74) is 1.03. The van der Waals surface area contributed by atoms with Crippen LogP contribution in [0.5, 0.6) is 0 Å². The van der Waals surface area contributed by atoms with Crippen molar-refractivity contribution >= 4 is 51.6 Å². The van der Waals surface area contributed by atoms with E-state index in [9.17, 15) is 19.5 Å². The number of aliphatic hydroxyl groups is 1. The van der Waals surface area contributed by atoms with E-state index in [2.05, 4.69) is 20.9 Å². The van der Waals surface area contributed by atoms with Crippen LogP contribution in [0.4, 0.5) is 10.8 Å². The van der Waals surface area contributed by atoms with Crippen molar-refractivity contribution in [3.8, 4) is 11.3 Å². The van der Waals surface area contributed by atoms with Gasteiger partial charge in [0.05, 0.1) is 5.69 Å². The number of aromatic nitrogens is 1. The van der Waals surface area contributed by atoms with Crippen LogP contribution in [0.3, 0.4) is 0 Å². The van der Waals surface area contributed by atoms with Gasteiger partial charge in [-0.1, -0.05) is 30.3 Å². The lowest BCUT2D eigenvalue weighted by molar-refractivity contribution is -0.131. The third-order valence-corrected chi connectivity index (χ3v) is 6.93. The van der Waals surface area contributed by atoms with Crippen molar-refractivity contribution in [3.05, 3.63) is 65.0 Å². The average Bonchev–Trinajstić information content (AvgIpc) is 3.38. The summed E-state index contributed by atoms with van der Waals surface area (Å²) in [6, 6.07) is 13.5. The maximum absolute atomic E-state index is 13.0. The summed E-state index contributed by atoms with van der Waals surface area (Å²) in [5.74, 6) is -0.705. The number of thiazole rings is 1. The molecular weight excluding hydrogens is 472 g/mol. The molecule has 4 rings (SSSR count). The van der Waals surface area contributed by atoms with E-state index in [1.807, 2.05) is 42.0 Å². The van der Waals surface area contributed by atoms with E-state index in [0.717, 1.165) is 11.3 Å². The molecule has 3 amide bonds. The van der Waals surface area contributed by atoms with Gasteiger partial charge in [0, 0.05) is 27.8 Å². The largest absolute Gasteiger partial charge is 0.375 e. The molecule has 3 aromatic rings. The number of amides is 3. The molecule has 0 bridgehead atoms. The lowest BCUT2D eigenvalue weighted by Gasteiger charge is -2.18. The van der Waals surface area contributed by atoms with Crippen LogP contribution in [-0.4, -0.2) is 45.9 Å². The van der Waals surface area contributed by atoms with Gasteiger partial charge < -0.3 is 21.1 Å². The summed E-state index contributed by atoms with van der Waals surface area (Å²) < 4.78 is 0. The Morgan fingerprint density at radius 3 is 2.74 bits per heavy atom. The van der Waals surface area contributed by atoms with Crippen LogP contribution in [0, 0.1) is 0 Å². The van der Waals surface area contributed by atoms with Gasteiger partial charge in [0.1, 0.15) is 6.04 Å². The van der Waals surface area contributed by atoms with E-state index in [0.29, 0.717) is 28.6 Å². The van der Waals surface area contributed by atoms with Crippen molar-refractivity contribution in [1.29, 1.82) is 0 Å². The third-order valence-electron chi connectivity index (χ3n) is 5.53. The molecule has 0 radical (unpaired) electrons. The molecule has 2 atom stereocenters. The van der Waals surface area contributed by atoms with Gasteiger partial charge in [-0.3, -0.25) is 14.4 Å². The first kappa shape index (κ1) is 23.9. The van der Waals surface area contributed by atoms with Crippen molar-refractivity contribution in [2.24, 2.45) is 0 Å². The molecule has 8 nitrogen and oxygen atoms in total. The lowest BCUT2D eigenvalue weighted by Crippen LogP contribution is -2.44. The van der Waals surface area contributed by atoms with Crippen LogP contribution in [0.1, 0.15) is 29.3 Å². The Hall–Kier alpha value is -3.21. The predicted molar refractivity (Wildman–Crippen MR) is 135 cm³/mol. The second-order valence-electron chi connectivity index (χ2n) is 7.99. The van der Waals surface area contributed by atoms with Crippen LogP contribution < -0.4 is 16.0 Å². The van der Waals surface area contributed by atoms with Gasteiger partial charge in [-0.15, -0.1) is 11.3 Å². The topological polar surface area (TPSA) is 120 Å². The van der Waals surface area contributed by atoms with Crippen molar-refractivity contribution in [1.82, 2.24) is 10.3 Å². The summed E-state index contributed by atoms with van der Waals surface area (Å²) in [4.78, 5) is 42.4. The first-order valence-electron chi connectivity index (χ1n) is 10.6. The summed E-state index contributed by atoms with van der Waals surface area (Å²) in [6.07, 6.45) is 2.36. The number of hydrogen-bond donors (Lipinski definition) is 4. The Balaban J connectivity index is 1.48. The zero-order valence-corrected chi connectivity index (χ0v) is 20.3. The summed E-state index contributed by atoms with van der Waals surface area (Å²) in [6.45, 7) is 1.38. The van der Waals surface area contributed by atoms with Crippen molar-refractivity contribution < 1.29 is 19.5 Å². The van der Waals surface area contributed by atoms with Gasteiger partial charge in [-0.05, 0) is 43.6 Å². The minimum atomic E-state index is -1.72. The molecule has 0 aliphatic carbocycles. The Morgan fingerprint density at radius 2 is 2.00 bits per heavy atom. The quantitative estimate of drug-likeness (QED) is 0.379. The van der Waals surface area contributed by atoms with E-state index in [1.54, 1.807) is 23.9 Å². The van der Waals surface area contributed by atoms with E-state index in [1.165, 1.54) is 24.3 Å². The number of nitrogens with one attached hydrogen (secondary N) is 3. The molecular formula is C24H24N4O4S2. The van der Waals surface area contributed by atoms with Crippen LogP contribution in [0.25, 0.3) is 11.3 Å². The molecule has 1 unspecified atom stereocenters. The highest BCUT2D eigenvalue weighted by Crippen LogP contribution is 2.36. The molecule has 0 saturated carbocycles.